The van der Waals surface area contributed by atoms with Crippen LogP contribution in [0.1, 0.15) is 63.0 Å². The predicted molar refractivity (Wildman–Crippen MR) is 153 cm³/mol. The van der Waals surface area contributed by atoms with E-state index in [0.717, 1.165) is 47.0 Å². The normalized spacial score (nSPS) is 21.8. The molecule has 2 atom stereocenters. The topological polar surface area (TPSA) is 99.5 Å². The quantitative estimate of drug-likeness (QED) is 0.416. The number of hydrogen-bond acceptors (Lipinski definition) is 4. The molecule has 3 aromatic rings. The maximum absolute atomic E-state index is 13.1. The lowest BCUT2D eigenvalue weighted by Crippen LogP contribution is -2.40. The standard InChI is InChI=1S/C30H40N4O3S/c1-21-9-10-22(2)34(21)13-6-16-38(36,37)33-14-11-24(12-15-33)28-20-32-30-26(19-29(31)35)17-25(18-27(28)30)23-7-4-3-5-8-23/h3-5,7-8,17-18,20-22,24,32H,6,9-16,19H2,1-2H3,(H2,31,35)/t21-,22-/m0/s1. The van der Waals surface area contributed by atoms with Gasteiger partial charge in [0.05, 0.1) is 12.2 Å². The van der Waals surface area contributed by atoms with Crippen molar-refractivity contribution >= 4 is 26.8 Å². The van der Waals surface area contributed by atoms with Crippen LogP contribution in [-0.4, -0.2) is 66.0 Å². The minimum absolute atomic E-state index is 0.169. The van der Waals surface area contributed by atoms with Gasteiger partial charge in [-0.05, 0) is 92.8 Å². The van der Waals surface area contributed by atoms with Crippen molar-refractivity contribution in [2.75, 3.05) is 25.4 Å². The number of fused-ring (bicyclic) bond motifs is 1. The molecular weight excluding hydrogens is 496 g/mol. The molecule has 204 valence electrons. The summed E-state index contributed by atoms with van der Waals surface area (Å²) >= 11 is 0. The third-order valence-electron chi connectivity index (χ3n) is 8.62. The van der Waals surface area contributed by atoms with Crippen LogP contribution < -0.4 is 5.73 Å². The van der Waals surface area contributed by atoms with E-state index in [0.29, 0.717) is 31.6 Å². The van der Waals surface area contributed by atoms with Crippen molar-refractivity contribution in [2.24, 2.45) is 5.73 Å². The number of nitrogens with zero attached hydrogens (tertiary/aromatic N) is 2. The smallest absolute Gasteiger partial charge is 0.221 e. The van der Waals surface area contributed by atoms with Crippen molar-refractivity contribution in [1.29, 1.82) is 0 Å². The monoisotopic (exact) mass is 536 g/mol. The number of H-pyrrole nitrogens is 1. The number of amides is 1. The number of sulfonamides is 1. The van der Waals surface area contributed by atoms with Crippen molar-refractivity contribution in [2.45, 2.75) is 70.4 Å². The van der Waals surface area contributed by atoms with E-state index in [-0.39, 0.29) is 24.0 Å². The number of carbonyl (C=O) groups is 1. The summed E-state index contributed by atoms with van der Waals surface area (Å²) in [5, 5.41) is 1.10. The summed E-state index contributed by atoms with van der Waals surface area (Å²) in [7, 11) is -3.26. The molecule has 5 rings (SSSR count). The van der Waals surface area contributed by atoms with Gasteiger partial charge in [0.15, 0.2) is 0 Å². The van der Waals surface area contributed by atoms with Crippen LogP contribution >= 0.6 is 0 Å². The van der Waals surface area contributed by atoms with Gasteiger partial charge in [0.25, 0.3) is 0 Å². The first-order valence-electron chi connectivity index (χ1n) is 13.9. The van der Waals surface area contributed by atoms with Gasteiger partial charge in [-0.15, -0.1) is 0 Å². The maximum atomic E-state index is 13.1. The molecule has 1 amide bonds. The van der Waals surface area contributed by atoms with E-state index in [1.807, 2.05) is 30.5 Å². The molecular formula is C30H40N4O3S. The van der Waals surface area contributed by atoms with Crippen molar-refractivity contribution in [3.05, 3.63) is 59.8 Å². The zero-order valence-electron chi connectivity index (χ0n) is 22.5. The van der Waals surface area contributed by atoms with Crippen LogP contribution in [0.15, 0.2) is 48.7 Å². The van der Waals surface area contributed by atoms with E-state index in [9.17, 15) is 13.2 Å². The zero-order chi connectivity index (χ0) is 26.9. The number of nitrogens with two attached hydrogens (primary N) is 1. The third kappa shape index (κ3) is 5.67. The lowest BCUT2D eigenvalue weighted by Gasteiger charge is -2.32. The Bertz CT molecular complexity index is 1370. The first kappa shape index (κ1) is 26.9. The molecule has 2 aromatic carbocycles. The highest BCUT2D eigenvalue weighted by molar-refractivity contribution is 7.89. The molecule has 0 bridgehead atoms. The van der Waals surface area contributed by atoms with Gasteiger partial charge in [-0.25, -0.2) is 12.7 Å². The number of carbonyl (C=O) groups excluding carboxylic acids is 1. The van der Waals surface area contributed by atoms with Gasteiger partial charge in [-0.3, -0.25) is 9.69 Å². The van der Waals surface area contributed by atoms with E-state index >= 15 is 0 Å². The number of primary amides is 1. The van der Waals surface area contributed by atoms with E-state index in [1.165, 1.54) is 18.4 Å². The Morgan fingerprint density at radius 1 is 1.00 bits per heavy atom. The van der Waals surface area contributed by atoms with Crippen molar-refractivity contribution in [1.82, 2.24) is 14.2 Å². The Kier molecular flexibility index (Phi) is 7.93. The second-order valence-electron chi connectivity index (χ2n) is 11.2. The first-order chi connectivity index (χ1) is 18.2. The molecule has 3 heterocycles. The fourth-order valence-electron chi connectivity index (χ4n) is 6.48. The van der Waals surface area contributed by atoms with Gasteiger partial charge in [0.1, 0.15) is 0 Å². The highest BCUT2D eigenvalue weighted by Crippen LogP contribution is 2.37. The fraction of sp³-hybridized carbons (Fsp3) is 0.500. The number of piperidine rings is 1. The molecule has 2 fully saturated rings. The fourth-order valence-corrected chi connectivity index (χ4v) is 8.00. The summed E-state index contributed by atoms with van der Waals surface area (Å²) in [4.78, 5) is 17.7. The number of hydrogen-bond donors (Lipinski definition) is 2. The molecule has 2 aliphatic rings. The molecule has 0 saturated carbocycles. The lowest BCUT2D eigenvalue weighted by atomic mass is 9.88. The van der Waals surface area contributed by atoms with Crippen LogP contribution in [0, 0.1) is 0 Å². The highest BCUT2D eigenvalue weighted by atomic mass is 32.2. The molecule has 0 aliphatic carbocycles. The minimum Gasteiger partial charge on any atom is -0.369 e. The maximum Gasteiger partial charge on any atom is 0.221 e. The summed E-state index contributed by atoms with van der Waals surface area (Å²) < 4.78 is 28.0. The SMILES string of the molecule is C[C@H]1CC[C@H](C)N1CCCS(=O)(=O)N1CCC(c2c[nH]c3c(CC(N)=O)cc(-c4ccccc4)cc23)CC1. The average Bonchev–Trinajstić information content (AvgIpc) is 3.47. The zero-order valence-corrected chi connectivity index (χ0v) is 23.3. The van der Waals surface area contributed by atoms with Crippen LogP contribution in [0.5, 0.6) is 0 Å². The van der Waals surface area contributed by atoms with Crippen LogP contribution in [-0.2, 0) is 21.2 Å². The van der Waals surface area contributed by atoms with Gasteiger partial charge >= 0.3 is 0 Å². The molecule has 7 nitrogen and oxygen atoms in total. The van der Waals surface area contributed by atoms with Crippen molar-refractivity contribution in [3.8, 4) is 11.1 Å². The lowest BCUT2D eigenvalue weighted by molar-refractivity contribution is -0.117. The number of rotatable bonds is 9. The van der Waals surface area contributed by atoms with E-state index in [2.05, 4.69) is 41.9 Å². The summed E-state index contributed by atoms with van der Waals surface area (Å²) in [6, 6.07) is 15.5. The molecule has 38 heavy (non-hydrogen) atoms. The number of benzene rings is 2. The Morgan fingerprint density at radius 2 is 1.68 bits per heavy atom. The average molecular weight is 537 g/mol. The minimum atomic E-state index is -3.26. The number of aromatic nitrogens is 1. The number of nitrogens with one attached hydrogen (secondary N) is 1. The Labute approximate surface area is 226 Å². The van der Waals surface area contributed by atoms with Crippen LogP contribution in [0.2, 0.25) is 0 Å². The Hall–Kier alpha value is -2.68. The van der Waals surface area contributed by atoms with Gasteiger partial charge in [0.2, 0.25) is 15.9 Å². The van der Waals surface area contributed by atoms with Gasteiger partial charge in [-0.2, -0.15) is 0 Å². The second kappa shape index (κ2) is 11.2. The summed E-state index contributed by atoms with van der Waals surface area (Å²) in [6.45, 7) is 6.43. The summed E-state index contributed by atoms with van der Waals surface area (Å²) in [6.07, 6.45) is 6.86. The second-order valence-corrected chi connectivity index (χ2v) is 13.3. The predicted octanol–water partition coefficient (Wildman–Crippen LogP) is 4.63. The van der Waals surface area contributed by atoms with Crippen LogP contribution in [0.4, 0.5) is 0 Å². The summed E-state index contributed by atoms with van der Waals surface area (Å²) in [5.41, 5.74) is 10.7. The molecule has 2 saturated heterocycles. The molecule has 3 N–H and O–H groups in total. The highest BCUT2D eigenvalue weighted by Gasteiger charge is 2.31. The Morgan fingerprint density at radius 3 is 2.34 bits per heavy atom. The Balaban J connectivity index is 1.29. The molecule has 0 spiro atoms. The molecule has 2 aliphatic heterocycles. The van der Waals surface area contributed by atoms with Crippen molar-refractivity contribution in [3.63, 3.8) is 0 Å². The first-order valence-corrected chi connectivity index (χ1v) is 15.5. The number of aromatic amines is 1. The molecule has 0 radical (unpaired) electrons. The summed E-state index contributed by atoms with van der Waals surface area (Å²) in [5.74, 6) is 0.117. The van der Waals surface area contributed by atoms with Crippen LogP contribution in [0.25, 0.3) is 22.0 Å². The van der Waals surface area contributed by atoms with Crippen LogP contribution in [0.3, 0.4) is 0 Å². The number of likely N-dealkylation sites (tertiary alicyclic amines) is 1. The van der Waals surface area contributed by atoms with Gasteiger partial charge < -0.3 is 10.7 Å². The van der Waals surface area contributed by atoms with E-state index in [1.54, 1.807) is 4.31 Å². The van der Waals surface area contributed by atoms with E-state index in [4.69, 9.17) is 5.73 Å². The van der Waals surface area contributed by atoms with E-state index < -0.39 is 10.0 Å². The molecule has 1 aromatic heterocycles. The van der Waals surface area contributed by atoms with Gasteiger partial charge in [0, 0.05) is 42.3 Å². The largest absolute Gasteiger partial charge is 0.369 e. The van der Waals surface area contributed by atoms with Gasteiger partial charge in [-0.1, -0.05) is 30.3 Å². The molecule has 0 unspecified atom stereocenters. The molecule has 8 heteroatoms. The van der Waals surface area contributed by atoms with Crippen molar-refractivity contribution < 1.29 is 13.2 Å². The third-order valence-corrected chi connectivity index (χ3v) is 10.6.